The minimum absolute atomic E-state index is 0.00366. The lowest BCUT2D eigenvalue weighted by Crippen LogP contribution is -2.34. The molecule has 0 aliphatic carbocycles. The average Bonchev–Trinajstić information content (AvgIpc) is 1.60. The van der Waals surface area contributed by atoms with Gasteiger partial charge in [0.15, 0.2) is 0 Å². The lowest BCUT2D eigenvalue weighted by Gasteiger charge is -2.25. The second-order valence-corrected chi connectivity index (χ2v) is 4.41. The monoisotopic (exact) mass is 143 g/mol. The maximum Gasteiger partial charge on any atom is 0.00996 e. The van der Waals surface area contributed by atoms with Gasteiger partial charge in [-0.2, -0.15) is 0 Å². The van der Waals surface area contributed by atoms with Crippen molar-refractivity contribution in [3.8, 4) is 0 Å². The molecule has 1 atom stereocenters. The fourth-order valence-electron chi connectivity index (χ4n) is 1.07. The van der Waals surface area contributed by atoms with E-state index in [2.05, 4.69) is 34.6 Å². The van der Waals surface area contributed by atoms with Gasteiger partial charge in [-0.15, -0.1) is 0 Å². The van der Waals surface area contributed by atoms with Crippen LogP contribution in [0.15, 0.2) is 0 Å². The Morgan fingerprint density at radius 3 is 1.70 bits per heavy atom. The van der Waals surface area contributed by atoms with Crippen LogP contribution in [0.4, 0.5) is 0 Å². The van der Waals surface area contributed by atoms with Crippen molar-refractivity contribution >= 4 is 0 Å². The molecule has 0 saturated heterocycles. The Hall–Kier alpha value is -0.0400. The molecule has 0 aliphatic rings. The van der Waals surface area contributed by atoms with Crippen LogP contribution >= 0.6 is 0 Å². The number of hydrogen-bond donors (Lipinski definition) is 1. The highest BCUT2D eigenvalue weighted by atomic mass is 14.7. The lowest BCUT2D eigenvalue weighted by atomic mass is 9.86. The maximum absolute atomic E-state index is 5.87. The van der Waals surface area contributed by atoms with Gasteiger partial charge in [-0.05, 0) is 32.1 Å². The first-order chi connectivity index (χ1) is 4.33. The molecule has 0 unspecified atom stereocenters. The van der Waals surface area contributed by atoms with Crippen LogP contribution in [-0.2, 0) is 0 Å². The molecule has 0 aliphatic heterocycles. The van der Waals surface area contributed by atoms with Crippen molar-refractivity contribution in [2.45, 2.75) is 46.6 Å². The summed E-state index contributed by atoms with van der Waals surface area (Å²) in [7, 11) is 0. The van der Waals surface area contributed by atoms with E-state index in [0.717, 1.165) is 18.3 Å². The Morgan fingerprint density at radius 2 is 1.60 bits per heavy atom. The van der Waals surface area contributed by atoms with E-state index < -0.39 is 0 Å². The Kier molecular flexibility index (Phi) is 3.37. The van der Waals surface area contributed by atoms with Crippen LogP contribution in [0.3, 0.4) is 0 Å². The maximum atomic E-state index is 5.87. The van der Waals surface area contributed by atoms with Crippen LogP contribution in [0.5, 0.6) is 0 Å². The van der Waals surface area contributed by atoms with Crippen molar-refractivity contribution in [3.05, 3.63) is 0 Å². The first-order valence-electron chi connectivity index (χ1n) is 4.12. The molecule has 0 bridgehead atoms. The molecule has 0 aromatic carbocycles. The van der Waals surface area contributed by atoms with Gasteiger partial charge in [-0.1, -0.05) is 20.8 Å². The Bertz CT molecular complexity index is 89.4. The fraction of sp³-hybridized carbons (Fsp3) is 1.00. The minimum atomic E-state index is 0.00366. The molecule has 10 heavy (non-hydrogen) atoms. The highest BCUT2D eigenvalue weighted by Crippen LogP contribution is 2.20. The first kappa shape index (κ1) is 9.96. The topological polar surface area (TPSA) is 26.0 Å². The smallest absolute Gasteiger partial charge is 0.00996 e. The third-order valence-corrected chi connectivity index (χ3v) is 1.99. The molecule has 1 heteroatoms. The molecule has 0 rings (SSSR count). The molecule has 0 fully saturated rings. The first-order valence-corrected chi connectivity index (χ1v) is 4.12. The van der Waals surface area contributed by atoms with Crippen LogP contribution < -0.4 is 5.73 Å². The molecular formula is C9H21N. The second kappa shape index (κ2) is 3.38. The largest absolute Gasteiger partial charge is 0.326 e. The van der Waals surface area contributed by atoms with Gasteiger partial charge >= 0.3 is 0 Å². The molecule has 0 aromatic heterocycles. The number of rotatable bonds is 3. The van der Waals surface area contributed by atoms with E-state index in [1.54, 1.807) is 0 Å². The summed E-state index contributed by atoms with van der Waals surface area (Å²) in [5, 5.41) is 0. The molecular weight excluding hydrogens is 122 g/mol. The number of hydrogen-bond acceptors (Lipinski definition) is 1. The number of nitrogens with two attached hydrogens (primary N) is 1. The molecule has 0 radical (unpaired) electrons. The van der Waals surface area contributed by atoms with Gasteiger partial charge < -0.3 is 5.73 Å². The van der Waals surface area contributed by atoms with Crippen molar-refractivity contribution in [2.75, 3.05) is 0 Å². The lowest BCUT2D eigenvalue weighted by molar-refractivity contribution is 0.311. The van der Waals surface area contributed by atoms with Crippen molar-refractivity contribution in [1.29, 1.82) is 0 Å². The van der Waals surface area contributed by atoms with E-state index >= 15 is 0 Å². The third kappa shape index (κ3) is 4.80. The van der Waals surface area contributed by atoms with Crippen LogP contribution in [0, 0.1) is 11.8 Å². The summed E-state index contributed by atoms with van der Waals surface area (Å²) in [6, 6.07) is 0. The second-order valence-electron chi connectivity index (χ2n) is 4.41. The van der Waals surface area contributed by atoms with E-state index in [4.69, 9.17) is 5.73 Å². The highest BCUT2D eigenvalue weighted by molar-refractivity contribution is 4.75. The average molecular weight is 143 g/mol. The van der Waals surface area contributed by atoms with Crippen LogP contribution in [0.1, 0.15) is 41.0 Å². The van der Waals surface area contributed by atoms with E-state index in [1.807, 2.05) is 0 Å². The molecule has 0 heterocycles. The van der Waals surface area contributed by atoms with Crippen molar-refractivity contribution in [2.24, 2.45) is 17.6 Å². The van der Waals surface area contributed by atoms with Gasteiger partial charge in [0.1, 0.15) is 0 Å². The molecule has 0 amide bonds. The SMILES string of the molecule is CC(C)[C@H](C)CC(C)(C)N. The molecule has 0 aromatic rings. The highest BCUT2D eigenvalue weighted by Gasteiger charge is 2.17. The Morgan fingerprint density at radius 1 is 1.20 bits per heavy atom. The fourth-order valence-corrected chi connectivity index (χ4v) is 1.07. The summed E-state index contributed by atoms with van der Waals surface area (Å²) < 4.78 is 0. The summed E-state index contributed by atoms with van der Waals surface area (Å²) in [6.07, 6.45) is 1.12. The quantitative estimate of drug-likeness (QED) is 0.645. The van der Waals surface area contributed by atoms with E-state index in [-0.39, 0.29) is 5.54 Å². The Labute approximate surface area is 65.0 Å². The Balaban J connectivity index is 3.68. The van der Waals surface area contributed by atoms with E-state index in [9.17, 15) is 0 Å². The molecule has 62 valence electrons. The summed E-state index contributed by atoms with van der Waals surface area (Å²) in [5.74, 6) is 1.49. The zero-order chi connectivity index (χ0) is 8.36. The van der Waals surface area contributed by atoms with Gasteiger partial charge in [0.25, 0.3) is 0 Å². The van der Waals surface area contributed by atoms with Gasteiger partial charge in [-0.25, -0.2) is 0 Å². The predicted molar refractivity (Wildman–Crippen MR) is 46.9 cm³/mol. The summed E-state index contributed by atoms with van der Waals surface area (Å²) in [5.41, 5.74) is 5.88. The molecule has 0 spiro atoms. The third-order valence-electron chi connectivity index (χ3n) is 1.99. The van der Waals surface area contributed by atoms with Gasteiger partial charge in [-0.3, -0.25) is 0 Å². The zero-order valence-corrected chi connectivity index (χ0v) is 7.94. The van der Waals surface area contributed by atoms with Crippen molar-refractivity contribution < 1.29 is 0 Å². The van der Waals surface area contributed by atoms with Crippen LogP contribution in [-0.4, -0.2) is 5.54 Å². The normalized spacial score (nSPS) is 15.9. The zero-order valence-electron chi connectivity index (χ0n) is 7.94. The standard InChI is InChI=1S/C9H21N/c1-7(2)8(3)6-9(4,5)10/h7-8H,6,10H2,1-5H3/t8-/m1/s1. The van der Waals surface area contributed by atoms with Crippen molar-refractivity contribution in [3.63, 3.8) is 0 Å². The van der Waals surface area contributed by atoms with Gasteiger partial charge in [0, 0.05) is 5.54 Å². The molecule has 0 saturated carbocycles. The molecule has 2 N–H and O–H groups in total. The summed E-state index contributed by atoms with van der Waals surface area (Å²) >= 11 is 0. The summed E-state index contributed by atoms with van der Waals surface area (Å²) in [4.78, 5) is 0. The van der Waals surface area contributed by atoms with E-state index in [1.165, 1.54) is 0 Å². The van der Waals surface area contributed by atoms with Crippen LogP contribution in [0.25, 0.3) is 0 Å². The van der Waals surface area contributed by atoms with E-state index in [0.29, 0.717) is 0 Å². The predicted octanol–water partition coefficient (Wildman–Crippen LogP) is 2.41. The molecule has 1 nitrogen and oxygen atoms in total. The summed E-state index contributed by atoms with van der Waals surface area (Å²) in [6.45, 7) is 10.9. The van der Waals surface area contributed by atoms with Gasteiger partial charge in [0.05, 0.1) is 0 Å². The van der Waals surface area contributed by atoms with Crippen molar-refractivity contribution in [1.82, 2.24) is 0 Å². The van der Waals surface area contributed by atoms with Crippen LogP contribution in [0.2, 0.25) is 0 Å². The van der Waals surface area contributed by atoms with Gasteiger partial charge in [0.2, 0.25) is 0 Å². The minimum Gasteiger partial charge on any atom is -0.326 e.